The Balaban J connectivity index is 1.82. The normalized spacial score (nSPS) is 10.3. The molecule has 7 heteroatoms. The number of hydrogen-bond acceptors (Lipinski definition) is 6. The van der Waals surface area contributed by atoms with Crippen molar-refractivity contribution >= 4 is 17.6 Å². The summed E-state index contributed by atoms with van der Waals surface area (Å²) < 4.78 is 5.82. The molecule has 3 N–H and O–H groups in total. The minimum absolute atomic E-state index is 0.0309. The van der Waals surface area contributed by atoms with Crippen molar-refractivity contribution in [3.8, 4) is 17.4 Å². The molecule has 7 nitrogen and oxygen atoms in total. The molecule has 0 saturated carbocycles. The highest BCUT2D eigenvalue weighted by molar-refractivity contribution is 5.78. The van der Waals surface area contributed by atoms with Crippen LogP contribution in [0, 0.1) is 11.3 Å². The fourth-order valence-corrected chi connectivity index (χ4v) is 2.64. The van der Waals surface area contributed by atoms with Gasteiger partial charge < -0.3 is 20.4 Å². The zero-order valence-corrected chi connectivity index (χ0v) is 14.8. The molecular formula is C20H19N5O2. The Kier molecular flexibility index (Phi) is 5.50. The summed E-state index contributed by atoms with van der Waals surface area (Å²) in [5, 5.41) is 12.0. The van der Waals surface area contributed by atoms with Crippen LogP contribution in [0.25, 0.3) is 11.3 Å². The largest absolute Gasteiger partial charge is 0.423 e. The van der Waals surface area contributed by atoms with Crippen LogP contribution in [0.3, 0.4) is 0 Å². The summed E-state index contributed by atoms with van der Waals surface area (Å²) in [4.78, 5) is 17.6. The monoisotopic (exact) mass is 361 g/mol. The van der Waals surface area contributed by atoms with Gasteiger partial charge in [0.05, 0.1) is 24.4 Å². The number of aromatic nitrogens is 1. The Hall–Kier alpha value is -3.63. The Bertz CT molecular complexity index is 990. The highest BCUT2D eigenvalue weighted by Crippen LogP contribution is 2.28. The number of nitrogens with two attached hydrogens (primary N) is 1. The number of nitriles is 1. The SMILES string of the molecule is CN(Cc1ccccc1-c1cnc(Nc2cccc(C#N)c2)o1)C(=O)CN. The highest BCUT2D eigenvalue weighted by Gasteiger charge is 2.14. The van der Waals surface area contributed by atoms with Gasteiger partial charge in [-0.15, -0.1) is 0 Å². The number of benzene rings is 2. The van der Waals surface area contributed by atoms with Crippen LogP contribution in [0.5, 0.6) is 0 Å². The van der Waals surface area contributed by atoms with Crippen molar-refractivity contribution in [2.24, 2.45) is 5.73 Å². The second-order valence-electron chi connectivity index (χ2n) is 5.96. The van der Waals surface area contributed by atoms with E-state index in [4.69, 9.17) is 15.4 Å². The third-order valence-electron chi connectivity index (χ3n) is 4.04. The summed E-state index contributed by atoms with van der Waals surface area (Å²) in [6.07, 6.45) is 1.63. The first kappa shape index (κ1) is 18.2. The van der Waals surface area contributed by atoms with Gasteiger partial charge >= 0.3 is 0 Å². The van der Waals surface area contributed by atoms with Gasteiger partial charge in [-0.05, 0) is 23.8 Å². The lowest BCUT2D eigenvalue weighted by Crippen LogP contribution is -2.32. The molecule has 2 aromatic carbocycles. The minimum Gasteiger partial charge on any atom is -0.423 e. The van der Waals surface area contributed by atoms with E-state index in [1.54, 1.807) is 36.3 Å². The Labute approximate surface area is 157 Å². The van der Waals surface area contributed by atoms with Gasteiger partial charge in [-0.3, -0.25) is 4.79 Å². The van der Waals surface area contributed by atoms with E-state index in [9.17, 15) is 4.79 Å². The maximum atomic E-state index is 11.8. The number of nitrogens with zero attached hydrogens (tertiary/aromatic N) is 3. The maximum absolute atomic E-state index is 11.8. The van der Waals surface area contributed by atoms with Crippen LogP contribution in [0.1, 0.15) is 11.1 Å². The van der Waals surface area contributed by atoms with Crippen LogP contribution in [-0.4, -0.2) is 29.4 Å². The average molecular weight is 361 g/mol. The summed E-state index contributed by atoms with van der Waals surface area (Å²) >= 11 is 0. The van der Waals surface area contributed by atoms with Crippen LogP contribution >= 0.6 is 0 Å². The second-order valence-corrected chi connectivity index (χ2v) is 5.96. The average Bonchev–Trinajstić information content (AvgIpc) is 3.16. The van der Waals surface area contributed by atoms with Crippen LogP contribution in [0.2, 0.25) is 0 Å². The molecule has 1 aromatic heterocycles. The van der Waals surface area contributed by atoms with Gasteiger partial charge in [0.1, 0.15) is 0 Å². The van der Waals surface area contributed by atoms with Crippen molar-refractivity contribution in [3.05, 3.63) is 65.9 Å². The molecule has 3 aromatic rings. The zero-order chi connectivity index (χ0) is 19.2. The number of amides is 1. The molecule has 0 aliphatic heterocycles. The molecule has 0 fully saturated rings. The lowest BCUT2D eigenvalue weighted by molar-refractivity contribution is -0.128. The predicted molar refractivity (Wildman–Crippen MR) is 102 cm³/mol. The van der Waals surface area contributed by atoms with Gasteiger partial charge in [-0.25, -0.2) is 4.98 Å². The minimum atomic E-state index is -0.137. The van der Waals surface area contributed by atoms with Crippen LogP contribution in [0.4, 0.5) is 11.7 Å². The maximum Gasteiger partial charge on any atom is 0.299 e. The lowest BCUT2D eigenvalue weighted by atomic mass is 10.1. The number of anilines is 2. The van der Waals surface area contributed by atoms with E-state index in [0.717, 1.165) is 11.1 Å². The lowest BCUT2D eigenvalue weighted by Gasteiger charge is -2.17. The summed E-state index contributed by atoms with van der Waals surface area (Å²) in [5.74, 6) is 0.445. The Morgan fingerprint density at radius 2 is 2.11 bits per heavy atom. The number of carbonyl (C=O) groups is 1. The Morgan fingerprint density at radius 3 is 2.89 bits per heavy atom. The van der Waals surface area contributed by atoms with E-state index in [0.29, 0.717) is 29.6 Å². The second kappa shape index (κ2) is 8.17. The molecule has 0 saturated heterocycles. The summed E-state index contributed by atoms with van der Waals surface area (Å²) in [7, 11) is 1.71. The van der Waals surface area contributed by atoms with Crippen LogP contribution < -0.4 is 11.1 Å². The van der Waals surface area contributed by atoms with Crippen molar-refractivity contribution in [2.75, 3.05) is 18.9 Å². The number of carbonyl (C=O) groups excluding carboxylic acids is 1. The third kappa shape index (κ3) is 4.32. The van der Waals surface area contributed by atoms with Crippen molar-refractivity contribution < 1.29 is 9.21 Å². The van der Waals surface area contributed by atoms with E-state index in [1.807, 2.05) is 30.3 Å². The van der Waals surface area contributed by atoms with Gasteiger partial charge in [-0.1, -0.05) is 30.3 Å². The summed E-state index contributed by atoms with van der Waals surface area (Å²) in [6.45, 7) is 0.386. The van der Waals surface area contributed by atoms with Crippen molar-refractivity contribution in [2.45, 2.75) is 6.54 Å². The smallest absolute Gasteiger partial charge is 0.299 e. The van der Waals surface area contributed by atoms with Crippen molar-refractivity contribution in [1.29, 1.82) is 5.26 Å². The van der Waals surface area contributed by atoms with E-state index in [2.05, 4.69) is 16.4 Å². The standard InChI is InChI=1S/C20H19N5O2/c1-25(19(26)11-22)13-15-6-2-3-8-17(15)18-12-23-20(27-18)24-16-7-4-5-14(9-16)10-21/h2-9,12H,11,13,22H2,1H3,(H,23,24). The molecular weight excluding hydrogens is 342 g/mol. The molecule has 0 radical (unpaired) electrons. The highest BCUT2D eigenvalue weighted by atomic mass is 16.4. The topological polar surface area (TPSA) is 108 Å². The quantitative estimate of drug-likeness (QED) is 0.699. The number of hydrogen-bond donors (Lipinski definition) is 2. The summed E-state index contributed by atoms with van der Waals surface area (Å²) in [5.41, 5.74) is 8.46. The van der Waals surface area contributed by atoms with Gasteiger partial charge in [0, 0.05) is 24.8 Å². The van der Waals surface area contributed by atoms with E-state index >= 15 is 0 Å². The number of nitrogens with one attached hydrogen (secondary N) is 1. The first-order chi connectivity index (χ1) is 13.1. The predicted octanol–water partition coefficient (Wildman–Crippen LogP) is 2.87. The van der Waals surface area contributed by atoms with Crippen molar-refractivity contribution in [1.82, 2.24) is 9.88 Å². The number of rotatable bonds is 6. The molecule has 0 aliphatic rings. The van der Waals surface area contributed by atoms with Gasteiger partial charge in [0.25, 0.3) is 6.01 Å². The van der Waals surface area contributed by atoms with E-state index < -0.39 is 0 Å². The molecule has 0 spiro atoms. The molecule has 1 amide bonds. The number of likely N-dealkylation sites (N-methyl/N-ethyl adjacent to an activating group) is 1. The Morgan fingerprint density at radius 1 is 1.30 bits per heavy atom. The fourth-order valence-electron chi connectivity index (χ4n) is 2.64. The van der Waals surface area contributed by atoms with Crippen molar-refractivity contribution in [3.63, 3.8) is 0 Å². The zero-order valence-electron chi connectivity index (χ0n) is 14.8. The summed E-state index contributed by atoms with van der Waals surface area (Å²) in [6, 6.07) is 17.1. The number of oxazole rings is 1. The molecule has 0 atom stereocenters. The molecule has 27 heavy (non-hydrogen) atoms. The fraction of sp³-hybridized carbons (Fsp3) is 0.150. The van der Waals surface area contributed by atoms with Gasteiger partial charge in [0.15, 0.2) is 5.76 Å². The van der Waals surface area contributed by atoms with E-state index in [-0.39, 0.29) is 12.5 Å². The molecule has 3 rings (SSSR count). The molecule has 0 bridgehead atoms. The third-order valence-corrected chi connectivity index (χ3v) is 4.04. The molecule has 1 heterocycles. The van der Waals surface area contributed by atoms with Gasteiger partial charge in [0.2, 0.25) is 5.91 Å². The molecule has 0 aliphatic carbocycles. The van der Waals surface area contributed by atoms with Gasteiger partial charge in [-0.2, -0.15) is 5.26 Å². The van der Waals surface area contributed by atoms with E-state index in [1.165, 1.54) is 0 Å². The first-order valence-electron chi connectivity index (χ1n) is 8.36. The van der Waals surface area contributed by atoms with Crippen LogP contribution in [0.15, 0.2) is 59.1 Å². The van der Waals surface area contributed by atoms with Crippen LogP contribution in [-0.2, 0) is 11.3 Å². The molecule has 136 valence electrons. The first-order valence-corrected chi connectivity index (χ1v) is 8.36. The molecule has 0 unspecified atom stereocenters.